The van der Waals surface area contributed by atoms with E-state index in [-0.39, 0.29) is 18.7 Å². The molecule has 0 radical (unpaired) electrons. The molecular formula is C17H14F2N4O2. The maximum Gasteiger partial charge on any atom is 0.278 e. The van der Waals surface area contributed by atoms with Crippen LogP contribution in [0.1, 0.15) is 5.56 Å². The summed E-state index contributed by atoms with van der Waals surface area (Å²) in [6, 6.07) is 9.83. The predicted molar refractivity (Wildman–Crippen MR) is 86.6 cm³/mol. The molecule has 0 atom stereocenters. The van der Waals surface area contributed by atoms with Gasteiger partial charge in [0.25, 0.3) is 5.56 Å². The minimum absolute atomic E-state index is 0.0549. The van der Waals surface area contributed by atoms with Crippen LogP contribution in [0, 0.1) is 11.6 Å². The van der Waals surface area contributed by atoms with Crippen LogP contribution in [0.4, 0.5) is 8.78 Å². The summed E-state index contributed by atoms with van der Waals surface area (Å²) in [6.07, 6.45) is 0. The Labute approximate surface area is 141 Å². The van der Waals surface area contributed by atoms with Gasteiger partial charge in [0, 0.05) is 25.2 Å². The summed E-state index contributed by atoms with van der Waals surface area (Å²) < 4.78 is 27.6. The number of aromatic nitrogens is 3. The van der Waals surface area contributed by atoms with Crippen LogP contribution in [-0.4, -0.2) is 32.8 Å². The first-order chi connectivity index (χ1) is 12.0. The maximum absolute atomic E-state index is 13.7. The number of fused-ring (bicyclic) bond motifs is 1. The molecule has 0 N–H and O–H groups in total. The van der Waals surface area contributed by atoms with Crippen LogP contribution in [0.25, 0.3) is 10.9 Å². The summed E-state index contributed by atoms with van der Waals surface area (Å²) in [5.74, 6) is -1.87. The molecule has 0 unspecified atom stereocenters. The molecule has 1 amide bonds. The molecule has 0 spiro atoms. The van der Waals surface area contributed by atoms with E-state index in [0.717, 1.165) is 16.8 Å². The van der Waals surface area contributed by atoms with Gasteiger partial charge in [0.2, 0.25) is 5.91 Å². The molecule has 6 nitrogen and oxygen atoms in total. The lowest BCUT2D eigenvalue weighted by molar-refractivity contribution is -0.131. The predicted octanol–water partition coefficient (Wildman–Crippen LogP) is 1.73. The SMILES string of the molecule is CN(Cc1ccc(F)cc1F)C(=O)Cn1nnc2ccccc2c1=O. The summed E-state index contributed by atoms with van der Waals surface area (Å²) in [5, 5.41) is 8.01. The molecule has 0 aliphatic carbocycles. The Bertz CT molecular complexity index is 1000. The lowest BCUT2D eigenvalue weighted by atomic mass is 10.2. The van der Waals surface area contributed by atoms with E-state index in [2.05, 4.69) is 10.3 Å². The van der Waals surface area contributed by atoms with E-state index in [1.165, 1.54) is 18.0 Å². The van der Waals surface area contributed by atoms with Crippen molar-refractivity contribution < 1.29 is 13.6 Å². The summed E-state index contributed by atoms with van der Waals surface area (Å²) in [7, 11) is 1.46. The molecule has 3 aromatic rings. The van der Waals surface area contributed by atoms with Crippen LogP contribution < -0.4 is 5.56 Å². The number of hydrogen-bond acceptors (Lipinski definition) is 4. The van der Waals surface area contributed by atoms with Crippen LogP contribution in [-0.2, 0) is 17.9 Å². The van der Waals surface area contributed by atoms with Crippen LogP contribution in [0.5, 0.6) is 0 Å². The number of nitrogens with zero attached hydrogens (tertiary/aromatic N) is 4. The van der Waals surface area contributed by atoms with Gasteiger partial charge in [-0.3, -0.25) is 9.59 Å². The van der Waals surface area contributed by atoms with E-state index in [1.807, 2.05) is 0 Å². The summed E-state index contributed by atoms with van der Waals surface area (Å²) >= 11 is 0. The quantitative estimate of drug-likeness (QED) is 0.723. The van der Waals surface area contributed by atoms with Gasteiger partial charge in [0.15, 0.2) is 0 Å². The minimum atomic E-state index is -0.734. The highest BCUT2D eigenvalue weighted by atomic mass is 19.1. The standard InChI is InChI=1S/C17H14F2N4O2/c1-22(9-11-6-7-12(18)8-14(11)19)16(24)10-23-17(25)13-4-2-3-5-15(13)20-21-23/h2-8H,9-10H2,1H3. The molecule has 8 heteroatoms. The second-order valence-electron chi connectivity index (χ2n) is 5.55. The Balaban J connectivity index is 1.77. The number of rotatable bonds is 4. The van der Waals surface area contributed by atoms with Gasteiger partial charge in [-0.25, -0.2) is 13.5 Å². The summed E-state index contributed by atoms with van der Waals surface area (Å²) in [4.78, 5) is 25.8. The highest BCUT2D eigenvalue weighted by Gasteiger charge is 2.15. The van der Waals surface area contributed by atoms with E-state index in [4.69, 9.17) is 0 Å². The first kappa shape index (κ1) is 16.7. The van der Waals surface area contributed by atoms with Crippen LogP contribution in [0.3, 0.4) is 0 Å². The Morgan fingerprint density at radius 1 is 1.20 bits per heavy atom. The molecule has 25 heavy (non-hydrogen) atoms. The van der Waals surface area contributed by atoms with Gasteiger partial charge in [-0.05, 0) is 18.2 Å². The number of carbonyl (C=O) groups excluding carboxylic acids is 1. The van der Waals surface area contributed by atoms with Gasteiger partial charge in [0.05, 0.1) is 5.39 Å². The van der Waals surface area contributed by atoms with E-state index >= 15 is 0 Å². The third kappa shape index (κ3) is 3.52. The van der Waals surface area contributed by atoms with Crippen LogP contribution >= 0.6 is 0 Å². The van der Waals surface area contributed by atoms with Crippen molar-refractivity contribution in [1.82, 2.24) is 19.9 Å². The number of halogens is 2. The molecule has 0 fully saturated rings. The van der Waals surface area contributed by atoms with Gasteiger partial charge in [-0.2, -0.15) is 0 Å². The zero-order valence-corrected chi connectivity index (χ0v) is 13.3. The van der Waals surface area contributed by atoms with Crippen molar-refractivity contribution >= 4 is 16.8 Å². The van der Waals surface area contributed by atoms with Crippen molar-refractivity contribution in [2.45, 2.75) is 13.1 Å². The smallest absolute Gasteiger partial charge is 0.278 e. The van der Waals surface area contributed by atoms with E-state index in [1.54, 1.807) is 24.3 Å². The number of carbonyl (C=O) groups is 1. The van der Waals surface area contributed by atoms with Crippen molar-refractivity contribution in [3.8, 4) is 0 Å². The highest BCUT2D eigenvalue weighted by Crippen LogP contribution is 2.12. The van der Waals surface area contributed by atoms with Crippen molar-refractivity contribution in [3.05, 3.63) is 70.0 Å². The number of hydrogen-bond donors (Lipinski definition) is 0. The lowest BCUT2D eigenvalue weighted by Crippen LogP contribution is -2.35. The molecule has 1 heterocycles. The number of likely N-dealkylation sites (N-methyl/N-ethyl adjacent to an activating group) is 1. The molecule has 3 rings (SSSR count). The summed E-state index contributed by atoms with van der Waals surface area (Å²) in [5.41, 5.74) is 0.187. The van der Waals surface area contributed by atoms with Gasteiger partial charge < -0.3 is 4.90 Å². The van der Waals surface area contributed by atoms with E-state index in [0.29, 0.717) is 10.9 Å². The fourth-order valence-corrected chi connectivity index (χ4v) is 2.37. The Morgan fingerprint density at radius 3 is 2.72 bits per heavy atom. The van der Waals surface area contributed by atoms with Gasteiger partial charge in [-0.15, -0.1) is 5.10 Å². The van der Waals surface area contributed by atoms with Crippen molar-refractivity contribution in [3.63, 3.8) is 0 Å². The Morgan fingerprint density at radius 2 is 1.96 bits per heavy atom. The van der Waals surface area contributed by atoms with Crippen molar-refractivity contribution in [1.29, 1.82) is 0 Å². The molecule has 0 aliphatic heterocycles. The number of benzene rings is 2. The molecule has 0 aliphatic rings. The fourth-order valence-electron chi connectivity index (χ4n) is 2.37. The third-order valence-electron chi connectivity index (χ3n) is 3.76. The van der Waals surface area contributed by atoms with Crippen molar-refractivity contribution in [2.75, 3.05) is 7.05 Å². The largest absolute Gasteiger partial charge is 0.340 e. The molecule has 2 aromatic carbocycles. The normalized spacial score (nSPS) is 10.8. The minimum Gasteiger partial charge on any atom is -0.340 e. The monoisotopic (exact) mass is 344 g/mol. The second-order valence-corrected chi connectivity index (χ2v) is 5.55. The maximum atomic E-state index is 13.7. The second kappa shape index (κ2) is 6.76. The average molecular weight is 344 g/mol. The molecular weight excluding hydrogens is 330 g/mol. The Kier molecular flexibility index (Phi) is 4.51. The molecule has 128 valence electrons. The average Bonchev–Trinajstić information content (AvgIpc) is 2.60. The number of amides is 1. The molecule has 0 bridgehead atoms. The topological polar surface area (TPSA) is 68.1 Å². The zero-order valence-electron chi connectivity index (χ0n) is 13.3. The summed E-state index contributed by atoms with van der Waals surface area (Å²) in [6.45, 7) is -0.378. The van der Waals surface area contributed by atoms with E-state index in [9.17, 15) is 18.4 Å². The third-order valence-corrected chi connectivity index (χ3v) is 3.76. The first-order valence-electron chi connectivity index (χ1n) is 7.46. The zero-order chi connectivity index (χ0) is 18.0. The van der Waals surface area contributed by atoms with Gasteiger partial charge in [0.1, 0.15) is 23.7 Å². The van der Waals surface area contributed by atoms with Gasteiger partial charge in [-0.1, -0.05) is 23.4 Å². The van der Waals surface area contributed by atoms with E-state index < -0.39 is 23.1 Å². The molecule has 0 saturated heterocycles. The van der Waals surface area contributed by atoms with Crippen molar-refractivity contribution in [2.24, 2.45) is 0 Å². The Hall–Kier alpha value is -3.16. The van der Waals surface area contributed by atoms with Crippen LogP contribution in [0.2, 0.25) is 0 Å². The van der Waals surface area contributed by atoms with Gasteiger partial charge >= 0.3 is 0 Å². The molecule has 0 saturated carbocycles. The fraction of sp³-hybridized carbons (Fsp3) is 0.176. The molecule has 1 aromatic heterocycles. The lowest BCUT2D eigenvalue weighted by Gasteiger charge is -2.17. The van der Waals surface area contributed by atoms with Crippen LogP contribution in [0.15, 0.2) is 47.3 Å². The highest BCUT2D eigenvalue weighted by molar-refractivity contribution is 5.78. The first-order valence-corrected chi connectivity index (χ1v) is 7.46.